The molecule has 1 atom stereocenters. The zero-order valence-corrected chi connectivity index (χ0v) is 14.6. The van der Waals surface area contributed by atoms with Crippen molar-refractivity contribution in [3.05, 3.63) is 64.7 Å². The standard InChI is InChI=1S/C16H15BrClNOS/c1-21-12-7-8-15(18)13(9-12)16(20)19-10-14(17)11-5-3-2-4-6-11/h2-9,14H,10H2,1H3,(H,19,20). The van der Waals surface area contributed by atoms with Gasteiger partial charge in [-0.1, -0.05) is 57.9 Å². The van der Waals surface area contributed by atoms with Gasteiger partial charge < -0.3 is 5.32 Å². The van der Waals surface area contributed by atoms with Gasteiger partial charge in [0.2, 0.25) is 0 Å². The van der Waals surface area contributed by atoms with Crippen LogP contribution in [0.3, 0.4) is 0 Å². The molecular formula is C16H15BrClNOS. The van der Waals surface area contributed by atoms with Crippen LogP contribution in [0.4, 0.5) is 0 Å². The molecule has 2 rings (SSSR count). The van der Waals surface area contributed by atoms with Gasteiger partial charge >= 0.3 is 0 Å². The summed E-state index contributed by atoms with van der Waals surface area (Å²) in [6.45, 7) is 0.503. The summed E-state index contributed by atoms with van der Waals surface area (Å²) in [6.07, 6.45) is 1.97. The Morgan fingerprint density at radius 1 is 1.29 bits per heavy atom. The predicted molar refractivity (Wildman–Crippen MR) is 93.7 cm³/mol. The van der Waals surface area contributed by atoms with Crippen LogP contribution in [0.1, 0.15) is 20.7 Å². The number of benzene rings is 2. The number of rotatable bonds is 5. The van der Waals surface area contributed by atoms with Crippen LogP contribution in [0.25, 0.3) is 0 Å². The highest BCUT2D eigenvalue weighted by Gasteiger charge is 2.13. The van der Waals surface area contributed by atoms with Crippen LogP contribution >= 0.6 is 39.3 Å². The number of hydrogen-bond donors (Lipinski definition) is 1. The first-order valence-electron chi connectivity index (χ1n) is 6.42. The molecule has 1 N–H and O–H groups in total. The number of carbonyl (C=O) groups is 1. The molecule has 1 unspecified atom stereocenters. The van der Waals surface area contributed by atoms with E-state index in [-0.39, 0.29) is 10.7 Å². The predicted octanol–water partition coefficient (Wildman–Crippen LogP) is 4.93. The summed E-state index contributed by atoms with van der Waals surface area (Å²) in [5.74, 6) is -0.156. The molecule has 0 saturated carbocycles. The van der Waals surface area contributed by atoms with E-state index in [4.69, 9.17) is 11.6 Å². The second-order valence-corrected chi connectivity index (χ2v) is 6.83. The molecule has 0 radical (unpaired) electrons. The molecular weight excluding hydrogens is 370 g/mol. The third kappa shape index (κ3) is 4.50. The molecule has 2 nitrogen and oxygen atoms in total. The van der Waals surface area contributed by atoms with Crippen molar-refractivity contribution in [2.75, 3.05) is 12.8 Å². The highest BCUT2D eigenvalue weighted by Crippen LogP contribution is 2.24. The molecule has 0 bridgehead atoms. The molecule has 1 amide bonds. The maximum Gasteiger partial charge on any atom is 0.252 e. The Hall–Kier alpha value is -0.970. The van der Waals surface area contributed by atoms with Crippen molar-refractivity contribution < 1.29 is 4.79 Å². The van der Waals surface area contributed by atoms with Gasteiger partial charge in [-0.2, -0.15) is 0 Å². The lowest BCUT2D eigenvalue weighted by atomic mass is 10.1. The Kier molecular flexibility index (Phi) is 6.15. The Morgan fingerprint density at radius 2 is 2.00 bits per heavy atom. The smallest absolute Gasteiger partial charge is 0.252 e. The second kappa shape index (κ2) is 7.87. The van der Waals surface area contributed by atoms with Gasteiger partial charge in [-0.05, 0) is 30.0 Å². The zero-order chi connectivity index (χ0) is 15.2. The third-order valence-corrected chi connectivity index (χ3v) is 4.93. The fourth-order valence-electron chi connectivity index (χ4n) is 1.86. The van der Waals surface area contributed by atoms with E-state index in [0.717, 1.165) is 10.5 Å². The van der Waals surface area contributed by atoms with Crippen molar-refractivity contribution >= 4 is 45.2 Å². The fraction of sp³-hybridized carbons (Fsp3) is 0.188. The van der Waals surface area contributed by atoms with E-state index in [1.54, 1.807) is 17.8 Å². The molecule has 2 aromatic carbocycles. The second-order valence-electron chi connectivity index (χ2n) is 4.43. The molecule has 0 aliphatic rings. The minimum Gasteiger partial charge on any atom is -0.351 e. The molecule has 0 aliphatic carbocycles. The van der Waals surface area contributed by atoms with Crippen LogP contribution in [0.2, 0.25) is 5.02 Å². The van der Waals surface area contributed by atoms with Crippen molar-refractivity contribution in [1.29, 1.82) is 0 Å². The van der Waals surface area contributed by atoms with Gasteiger partial charge in [0, 0.05) is 11.4 Å². The Balaban J connectivity index is 2.02. The normalized spacial score (nSPS) is 12.0. The van der Waals surface area contributed by atoms with E-state index in [1.807, 2.05) is 48.7 Å². The maximum absolute atomic E-state index is 12.2. The van der Waals surface area contributed by atoms with Crippen LogP contribution < -0.4 is 5.32 Å². The van der Waals surface area contributed by atoms with Gasteiger partial charge in [0.25, 0.3) is 5.91 Å². The van der Waals surface area contributed by atoms with Crippen molar-refractivity contribution in [3.8, 4) is 0 Å². The first-order valence-corrected chi connectivity index (χ1v) is 8.94. The van der Waals surface area contributed by atoms with E-state index >= 15 is 0 Å². The van der Waals surface area contributed by atoms with Crippen molar-refractivity contribution in [1.82, 2.24) is 5.32 Å². The summed E-state index contributed by atoms with van der Waals surface area (Å²) in [4.78, 5) is 13.3. The number of amides is 1. The van der Waals surface area contributed by atoms with Crippen molar-refractivity contribution in [2.24, 2.45) is 0 Å². The van der Waals surface area contributed by atoms with Crippen LogP contribution in [0.15, 0.2) is 53.4 Å². The van der Waals surface area contributed by atoms with E-state index in [9.17, 15) is 4.79 Å². The molecule has 110 valence electrons. The zero-order valence-electron chi connectivity index (χ0n) is 11.5. The Labute approximate surface area is 142 Å². The van der Waals surface area contributed by atoms with Crippen LogP contribution in [-0.2, 0) is 0 Å². The molecule has 0 heterocycles. The summed E-state index contributed by atoms with van der Waals surface area (Å²) in [7, 11) is 0. The molecule has 5 heteroatoms. The number of carbonyl (C=O) groups excluding carboxylic acids is 1. The molecule has 0 fully saturated rings. The van der Waals surface area contributed by atoms with Gasteiger partial charge in [-0.3, -0.25) is 4.79 Å². The minimum absolute atomic E-state index is 0.0742. The first kappa shape index (κ1) is 16.4. The molecule has 0 aromatic heterocycles. The first-order chi connectivity index (χ1) is 10.1. The minimum atomic E-state index is -0.156. The number of halogens is 2. The summed E-state index contributed by atoms with van der Waals surface area (Å²) >= 11 is 11.3. The highest BCUT2D eigenvalue weighted by molar-refractivity contribution is 9.09. The number of hydrogen-bond acceptors (Lipinski definition) is 2. The molecule has 0 aliphatic heterocycles. The van der Waals surface area contributed by atoms with Gasteiger partial charge in [0.1, 0.15) is 0 Å². The van der Waals surface area contributed by atoms with Gasteiger partial charge in [0.15, 0.2) is 0 Å². The van der Waals surface area contributed by atoms with Crippen molar-refractivity contribution in [2.45, 2.75) is 9.72 Å². The topological polar surface area (TPSA) is 29.1 Å². The summed E-state index contributed by atoms with van der Waals surface area (Å²) in [5, 5.41) is 3.38. The van der Waals surface area contributed by atoms with E-state index < -0.39 is 0 Å². The summed E-state index contributed by atoms with van der Waals surface area (Å²) in [6, 6.07) is 15.4. The Bertz CT molecular complexity index is 621. The van der Waals surface area contributed by atoms with Gasteiger partial charge in [0.05, 0.1) is 15.4 Å². The molecule has 2 aromatic rings. The van der Waals surface area contributed by atoms with Gasteiger partial charge in [-0.15, -0.1) is 11.8 Å². The van der Waals surface area contributed by atoms with Gasteiger partial charge in [-0.25, -0.2) is 0 Å². The van der Waals surface area contributed by atoms with Crippen LogP contribution in [-0.4, -0.2) is 18.7 Å². The molecule has 21 heavy (non-hydrogen) atoms. The highest BCUT2D eigenvalue weighted by atomic mass is 79.9. The average Bonchev–Trinajstić information content (AvgIpc) is 2.53. The lowest BCUT2D eigenvalue weighted by Crippen LogP contribution is -2.27. The lowest BCUT2D eigenvalue weighted by molar-refractivity contribution is 0.0954. The number of thioether (sulfide) groups is 1. The maximum atomic E-state index is 12.2. The van der Waals surface area contributed by atoms with E-state index in [2.05, 4.69) is 21.2 Å². The largest absolute Gasteiger partial charge is 0.351 e. The summed E-state index contributed by atoms with van der Waals surface area (Å²) < 4.78 is 0. The SMILES string of the molecule is CSc1ccc(Cl)c(C(=O)NCC(Br)c2ccccc2)c1. The number of nitrogens with one attached hydrogen (secondary N) is 1. The fourth-order valence-corrected chi connectivity index (χ4v) is 2.97. The summed E-state index contributed by atoms with van der Waals surface area (Å²) in [5.41, 5.74) is 1.64. The van der Waals surface area contributed by atoms with E-state index in [1.165, 1.54) is 0 Å². The third-order valence-electron chi connectivity index (χ3n) is 3.02. The quantitative estimate of drug-likeness (QED) is 0.585. The van der Waals surface area contributed by atoms with E-state index in [0.29, 0.717) is 17.1 Å². The Morgan fingerprint density at radius 3 is 2.67 bits per heavy atom. The molecule has 0 saturated heterocycles. The lowest BCUT2D eigenvalue weighted by Gasteiger charge is -2.12. The van der Waals surface area contributed by atoms with Crippen LogP contribution in [0, 0.1) is 0 Å². The monoisotopic (exact) mass is 383 g/mol. The average molecular weight is 385 g/mol. The number of alkyl halides is 1. The van der Waals surface area contributed by atoms with Crippen molar-refractivity contribution in [3.63, 3.8) is 0 Å². The molecule has 0 spiro atoms. The van der Waals surface area contributed by atoms with Crippen LogP contribution in [0.5, 0.6) is 0 Å².